The van der Waals surface area contributed by atoms with E-state index >= 15 is 0 Å². The van der Waals surface area contributed by atoms with Crippen molar-refractivity contribution in [1.29, 1.82) is 0 Å². The second kappa shape index (κ2) is 11.9. The number of rotatable bonds is 10. The molecule has 1 fully saturated rings. The average molecular weight is 407 g/mol. The van der Waals surface area contributed by atoms with Crippen LogP contribution in [-0.2, 0) is 17.6 Å². The standard InChI is InChI=1S/C27H38N2O/c1-3-5-7-10-24-13-15-25(16-14-24)29(27(30)4-2)26-18-21-28(22-19-26)20-17-23-11-8-6-9-12-23/h6,8-9,11-16,26H,3-5,7,10,17-22H2,1-2H3. The van der Waals surface area contributed by atoms with E-state index in [0.29, 0.717) is 12.5 Å². The molecule has 3 nitrogen and oxygen atoms in total. The summed E-state index contributed by atoms with van der Waals surface area (Å²) in [5, 5.41) is 0. The zero-order valence-corrected chi connectivity index (χ0v) is 18.9. The number of aryl methyl sites for hydroxylation is 1. The molecule has 0 N–H and O–H groups in total. The Morgan fingerprint density at radius 1 is 0.900 bits per heavy atom. The largest absolute Gasteiger partial charge is 0.309 e. The Labute approximate surface area is 183 Å². The quantitative estimate of drug-likeness (QED) is 0.461. The lowest BCUT2D eigenvalue weighted by Gasteiger charge is -2.38. The molecule has 0 aliphatic carbocycles. The van der Waals surface area contributed by atoms with Gasteiger partial charge in [0.1, 0.15) is 0 Å². The van der Waals surface area contributed by atoms with Crippen LogP contribution >= 0.6 is 0 Å². The highest BCUT2D eigenvalue weighted by Crippen LogP contribution is 2.26. The van der Waals surface area contributed by atoms with Crippen LogP contribution in [0.25, 0.3) is 0 Å². The number of nitrogens with zero attached hydrogens (tertiary/aromatic N) is 2. The Morgan fingerprint density at radius 2 is 1.57 bits per heavy atom. The molecule has 2 aromatic carbocycles. The third-order valence-electron chi connectivity index (χ3n) is 6.34. The summed E-state index contributed by atoms with van der Waals surface area (Å²) in [4.78, 5) is 17.5. The van der Waals surface area contributed by atoms with Crippen molar-refractivity contribution in [3.63, 3.8) is 0 Å². The van der Waals surface area contributed by atoms with Gasteiger partial charge in [-0.2, -0.15) is 0 Å². The Balaban J connectivity index is 1.56. The number of carbonyl (C=O) groups is 1. The van der Waals surface area contributed by atoms with Crippen molar-refractivity contribution in [2.45, 2.75) is 71.3 Å². The maximum atomic E-state index is 12.8. The third kappa shape index (κ3) is 6.43. The highest BCUT2D eigenvalue weighted by Gasteiger charge is 2.28. The molecule has 0 spiro atoms. The molecule has 0 unspecified atom stereocenters. The Kier molecular flexibility index (Phi) is 8.95. The van der Waals surface area contributed by atoms with E-state index in [1.807, 2.05) is 6.92 Å². The monoisotopic (exact) mass is 406 g/mol. The molecular formula is C27H38N2O. The maximum Gasteiger partial charge on any atom is 0.226 e. The van der Waals surface area contributed by atoms with Crippen molar-refractivity contribution in [3.8, 4) is 0 Å². The lowest BCUT2D eigenvalue weighted by Crippen LogP contribution is -2.47. The number of hydrogen-bond donors (Lipinski definition) is 0. The number of likely N-dealkylation sites (tertiary alicyclic amines) is 1. The van der Waals surface area contributed by atoms with Gasteiger partial charge in [-0.1, -0.05) is 69.2 Å². The maximum absolute atomic E-state index is 12.8. The third-order valence-corrected chi connectivity index (χ3v) is 6.34. The second-order valence-corrected chi connectivity index (χ2v) is 8.55. The Morgan fingerprint density at radius 3 is 2.20 bits per heavy atom. The summed E-state index contributed by atoms with van der Waals surface area (Å²) < 4.78 is 0. The average Bonchev–Trinajstić information content (AvgIpc) is 2.80. The summed E-state index contributed by atoms with van der Waals surface area (Å²) in [5.74, 6) is 0.247. The predicted molar refractivity (Wildman–Crippen MR) is 127 cm³/mol. The van der Waals surface area contributed by atoms with Gasteiger partial charge in [0.15, 0.2) is 0 Å². The molecule has 0 saturated carbocycles. The van der Waals surface area contributed by atoms with E-state index in [1.165, 1.54) is 30.4 Å². The van der Waals surface area contributed by atoms with Crippen molar-refractivity contribution >= 4 is 11.6 Å². The van der Waals surface area contributed by atoms with Crippen LogP contribution in [0.4, 0.5) is 5.69 Å². The molecule has 0 atom stereocenters. The highest BCUT2D eigenvalue weighted by molar-refractivity contribution is 5.93. The molecular weight excluding hydrogens is 368 g/mol. The summed E-state index contributed by atoms with van der Waals surface area (Å²) in [6, 6.07) is 19.8. The minimum absolute atomic E-state index is 0.247. The van der Waals surface area contributed by atoms with Gasteiger partial charge in [-0.05, 0) is 55.4 Å². The second-order valence-electron chi connectivity index (χ2n) is 8.55. The fourth-order valence-corrected chi connectivity index (χ4v) is 4.46. The number of benzene rings is 2. The predicted octanol–water partition coefficient (Wildman–Crippen LogP) is 5.87. The summed E-state index contributed by atoms with van der Waals surface area (Å²) in [5.41, 5.74) is 3.86. The molecule has 1 amide bonds. The van der Waals surface area contributed by atoms with Crippen LogP contribution in [0.1, 0.15) is 63.5 Å². The Bertz CT molecular complexity index is 748. The minimum Gasteiger partial charge on any atom is -0.309 e. The van der Waals surface area contributed by atoms with E-state index in [4.69, 9.17) is 0 Å². The van der Waals surface area contributed by atoms with Gasteiger partial charge in [-0.25, -0.2) is 0 Å². The van der Waals surface area contributed by atoms with Gasteiger partial charge in [-0.15, -0.1) is 0 Å². The van der Waals surface area contributed by atoms with Gasteiger partial charge in [0.05, 0.1) is 0 Å². The normalized spacial score (nSPS) is 15.3. The molecule has 1 aliphatic rings. The van der Waals surface area contributed by atoms with Gasteiger partial charge in [0.25, 0.3) is 0 Å². The summed E-state index contributed by atoms with van der Waals surface area (Å²) in [6.45, 7) is 7.46. The topological polar surface area (TPSA) is 23.6 Å². The first-order chi connectivity index (χ1) is 14.7. The van der Waals surface area contributed by atoms with Crippen LogP contribution in [-0.4, -0.2) is 36.5 Å². The van der Waals surface area contributed by atoms with Crippen molar-refractivity contribution in [2.24, 2.45) is 0 Å². The number of anilines is 1. The lowest BCUT2D eigenvalue weighted by molar-refractivity contribution is -0.119. The number of hydrogen-bond acceptors (Lipinski definition) is 2. The molecule has 0 bridgehead atoms. The van der Waals surface area contributed by atoms with E-state index in [9.17, 15) is 4.79 Å². The molecule has 30 heavy (non-hydrogen) atoms. The zero-order valence-electron chi connectivity index (χ0n) is 18.9. The van der Waals surface area contributed by atoms with E-state index in [2.05, 4.69) is 71.3 Å². The van der Waals surface area contributed by atoms with E-state index in [0.717, 1.165) is 51.0 Å². The van der Waals surface area contributed by atoms with Gasteiger partial charge in [0.2, 0.25) is 5.91 Å². The van der Waals surface area contributed by atoms with E-state index < -0.39 is 0 Å². The summed E-state index contributed by atoms with van der Waals surface area (Å²) in [6.07, 6.45) is 8.68. The molecule has 0 radical (unpaired) electrons. The van der Waals surface area contributed by atoms with Crippen molar-refractivity contribution in [3.05, 3.63) is 65.7 Å². The van der Waals surface area contributed by atoms with Gasteiger partial charge in [-0.3, -0.25) is 4.79 Å². The Hall–Kier alpha value is -2.13. The summed E-state index contributed by atoms with van der Waals surface area (Å²) >= 11 is 0. The number of carbonyl (C=O) groups excluding carboxylic acids is 1. The highest BCUT2D eigenvalue weighted by atomic mass is 16.2. The SMILES string of the molecule is CCCCCc1ccc(N(C(=O)CC)C2CCN(CCc3ccccc3)CC2)cc1. The fourth-order valence-electron chi connectivity index (χ4n) is 4.46. The lowest BCUT2D eigenvalue weighted by atomic mass is 10.00. The van der Waals surface area contributed by atoms with Crippen LogP contribution in [0.5, 0.6) is 0 Å². The molecule has 2 aromatic rings. The minimum atomic E-state index is 0.247. The molecule has 1 aliphatic heterocycles. The molecule has 0 aromatic heterocycles. The molecule has 3 rings (SSSR count). The van der Waals surface area contributed by atoms with E-state index in [-0.39, 0.29) is 5.91 Å². The smallest absolute Gasteiger partial charge is 0.226 e. The van der Waals surface area contributed by atoms with Gasteiger partial charge in [0, 0.05) is 37.8 Å². The zero-order chi connectivity index (χ0) is 21.2. The number of piperidine rings is 1. The molecule has 3 heteroatoms. The van der Waals surface area contributed by atoms with Crippen LogP contribution in [0.3, 0.4) is 0 Å². The molecule has 1 heterocycles. The first-order valence-electron chi connectivity index (χ1n) is 11.9. The molecule has 162 valence electrons. The van der Waals surface area contributed by atoms with Crippen molar-refractivity contribution < 1.29 is 4.79 Å². The van der Waals surface area contributed by atoms with Gasteiger partial charge < -0.3 is 9.80 Å². The first-order valence-corrected chi connectivity index (χ1v) is 11.9. The van der Waals surface area contributed by atoms with Crippen LogP contribution < -0.4 is 4.90 Å². The van der Waals surface area contributed by atoms with Gasteiger partial charge >= 0.3 is 0 Å². The van der Waals surface area contributed by atoms with Crippen molar-refractivity contribution in [2.75, 3.05) is 24.5 Å². The van der Waals surface area contributed by atoms with Crippen LogP contribution in [0.15, 0.2) is 54.6 Å². The van der Waals surface area contributed by atoms with Crippen molar-refractivity contribution in [1.82, 2.24) is 4.90 Å². The summed E-state index contributed by atoms with van der Waals surface area (Å²) in [7, 11) is 0. The molecule has 1 saturated heterocycles. The van der Waals surface area contributed by atoms with Crippen LogP contribution in [0, 0.1) is 0 Å². The van der Waals surface area contributed by atoms with E-state index in [1.54, 1.807) is 0 Å². The first kappa shape index (κ1) is 22.6. The number of amides is 1. The van der Waals surface area contributed by atoms with Crippen LogP contribution in [0.2, 0.25) is 0 Å². The number of unbranched alkanes of at least 4 members (excludes halogenated alkanes) is 2. The fraction of sp³-hybridized carbons (Fsp3) is 0.519.